The fourth-order valence-electron chi connectivity index (χ4n) is 1.83. The second kappa shape index (κ2) is 5.09. The van der Waals surface area contributed by atoms with Crippen molar-refractivity contribution >= 4 is 11.7 Å². The van der Waals surface area contributed by atoms with E-state index in [1.54, 1.807) is 4.68 Å². The number of nitrogen functional groups attached to an aromatic ring is 1. The van der Waals surface area contributed by atoms with Gasteiger partial charge in [-0.15, -0.1) is 5.10 Å². The summed E-state index contributed by atoms with van der Waals surface area (Å²) in [5, 5.41) is 14.8. The Morgan fingerprint density at radius 1 is 1.42 bits per heavy atom. The summed E-state index contributed by atoms with van der Waals surface area (Å²) in [5.41, 5.74) is 8.42. The highest BCUT2D eigenvalue weighted by molar-refractivity contribution is 5.75. The van der Waals surface area contributed by atoms with E-state index in [2.05, 4.69) is 20.6 Å². The summed E-state index contributed by atoms with van der Waals surface area (Å²) in [6.45, 7) is 4.39. The Balaban J connectivity index is 1.93. The number of nitrogens with one attached hydrogen (secondary N) is 1. The number of anilines is 1. The summed E-state index contributed by atoms with van der Waals surface area (Å²) in [4.78, 5) is 13.0. The quantitative estimate of drug-likeness (QED) is 0.776. The molecule has 0 aliphatic rings. The van der Waals surface area contributed by atoms with E-state index >= 15 is 0 Å². The molecule has 0 fully saturated rings. The molecule has 2 aromatic heterocycles. The molecular formula is C11H17N7O. The second-order valence-electron chi connectivity index (χ2n) is 4.35. The van der Waals surface area contributed by atoms with Crippen molar-refractivity contribution in [3.63, 3.8) is 0 Å². The molecule has 0 radical (unpaired) electrons. The minimum absolute atomic E-state index is 0.0511. The van der Waals surface area contributed by atoms with Crippen molar-refractivity contribution < 1.29 is 4.79 Å². The van der Waals surface area contributed by atoms with Gasteiger partial charge in [0.25, 0.3) is 0 Å². The Morgan fingerprint density at radius 2 is 2.16 bits per heavy atom. The summed E-state index contributed by atoms with van der Waals surface area (Å²) in [7, 11) is 1.88. The normalized spacial score (nSPS) is 10.7. The van der Waals surface area contributed by atoms with E-state index in [4.69, 9.17) is 5.73 Å². The monoisotopic (exact) mass is 263 g/mol. The molecule has 8 nitrogen and oxygen atoms in total. The average Bonchev–Trinajstić information content (AvgIpc) is 2.83. The number of hydrogen-bond acceptors (Lipinski definition) is 5. The molecule has 0 spiro atoms. The van der Waals surface area contributed by atoms with Crippen LogP contribution in [0.1, 0.15) is 17.0 Å². The van der Waals surface area contributed by atoms with Crippen LogP contribution in [0, 0.1) is 13.8 Å². The third-order valence-corrected chi connectivity index (χ3v) is 2.96. The summed E-state index contributed by atoms with van der Waals surface area (Å²) < 4.78 is 1.80. The van der Waals surface area contributed by atoms with Crippen molar-refractivity contribution in [1.82, 2.24) is 30.1 Å². The van der Waals surface area contributed by atoms with E-state index in [1.165, 1.54) is 11.0 Å². The number of aromatic nitrogens is 5. The van der Waals surface area contributed by atoms with Crippen molar-refractivity contribution in [2.75, 3.05) is 5.73 Å². The molecule has 0 aliphatic carbocycles. The van der Waals surface area contributed by atoms with Gasteiger partial charge in [0.05, 0.1) is 11.9 Å². The molecule has 0 saturated carbocycles. The van der Waals surface area contributed by atoms with Gasteiger partial charge in [0.1, 0.15) is 6.54 Å². The van der Waals surface area contributed by atoms with Gasteiger partial charge in [0.15, 0.2) is 5.82 Å². The highest BCUT2D eigenvalue weighted by Gasteiger charge is 2.11. The first-order valence-electron chi connectivity index (χ1n) is 5.88. The first-order chi connectivity index (χ1) is 8.97. The lowest BCUT2D eigenvalue weighted by molar-refractivity contribution is -0.122. The number of aryl methyl sites for hydroxylation is 2. The van der Waals surface area contributed by atoms with Gasteiger partial charge in [0.2, 0.25) is 5.91 Å². The Morgan fingerprint density at radius 3 is 2.68 bits per heavy atom. The maximum atomic E-state index is 11.7. The number of nitrogens with zero attached hydrogens (tertiary/aromatic N) is 5. The van der Waals surface area contributed by atoms with Gasteiger partial charge < -0.3 is 11.1 Å². The fraction of sp³-hybridized carbons (Fsp3) is 0.455. The Labute approximate surface area is 110 Å². The van der Waals surface area contributed by atoms with Crippen LogP contribution in [0.15, 0.2) is 6.20 Å². The molecule has 0 atom stereocenters. The zero-order chi connectivity index (χ0) is 14.0. The van der Waals surface area contributed by atoms with Gasteiger partial charge in [-0.25, -0.2) is 0 Å². The highest BCUT2D eigenvalue weighted by atomic mass is 16.2. The van der Waals surface area contributed by atoms with Crippen LogP contribution in [0.5, 0.6) is 0 Å². The zero-order valence-electron chi connectivity index (χ0n) is 11.2. The third kappa shape index (κ3) is 2.90. The lowest BCUT2D eigenvalue weighted by Crippen LogP contribution is -2.28. The number of rotatable bonds is 4. The standard InChI is InChI=1S/C11H17N7O/c1-7-9(8(2)17(3)15-7)4-13-11(19)6-18-14-5-10(12)16-18/h5H,4,6H2,1-3H3,(H2,12,16)(H,13,19). The molecule has 102 valence electrons. The van der Waals surface area contributed by atoms with Gasteiger partial charge in [-0.05, 0) is 13.8 Å². The van der Waals surface area contributed by atoms with Crippen LogP contribution in [0.2, 0.25) is 0 Å². The molecule has 0 bridgehead atoms. The molecule has 2 aromatic rings. The molecule has 2 rings (SSSR count). The molecule has 1 amide bonds. The second-order valence-corrected chi connectivity index (χ2v) is 4.35. The van der Waals surface area contributed by atoms with Crippen molar-refractivity contribution in [2.45, 2.75) is 26.9 Å². The Kier molecular flexibility index (Phi) is 3.50. The van der Waals surface area contributed by atoms with Gasteiger partial charge in [-0.1, -0.05) is 0 Å². The van der Waals surface area contributed by atoms with Gasteiger partial charge in [0, 0.05) is 24.8 Å². The van der Waals surface area contributed by atoms with Crippen LogP contribution >= 0.6 is 0 Å². The van der Waals surface area contributed by atoms with Crippen molar-refractivity contribution in [3.05, 3.63) is 23.1 Å². The summed E-state index contributed by atoms with van der Waals surface area (Å²) >= 11 is 0. The summed E-state index contributed by atoms with van der Waals surface area (Å²) in [6, 6.07) is 0. The lowest BCUT2D eigenvalue weighted by atomic mass is 10.2. The van der Waals surface area contributed by atoms with Crippen LogP contribution in [0.25, 0.3) is 0 Å². The van der Waals surface area contributed by atoms with Crippen LogP contribution in [-0.2, 0) is 24.9 Å². The lowest BCUT2D eigenvalue weighted by Gasteiger charge is -2.05. The van der Waals surface area contributed by atoms with Crippen molar-refractivity contribution in [3.8, 4) is 0 Å². The van der Waals surface area contributed by atoms with E-state index in [1.807, 2.05) is 20.9 Å². The smallest absolute Gasteiger partial charge is 0.243 e. The maximum Gasteiger partial charge on any atom is 0.243 e. The van der Waals surface area contributed by atoms with Gasteiger partial charge >= 0.3 is 0 Å². The predicted octanol–water partition coefficient (Wildman–Crippen LogP) is -0.473. The van der Waals surface area contributed by atoms with E-state index in [0.717, 1.165) is 17.0 Å². The van der Waals surface area contributed by atoms with Crippen LogP contribution < -0.4 is 11.1 Å². The molecule has 8 heteroatoms. The maximum absolute atomic E-state index is 11.7. The predicted molar refractivity (Wildman–Crippen MR) is 69.0 cm³/mol. The number of carbonyl (C=O) groups is 1. The van der Waals surface area contributed by atoms with E-state index in [9.17, 15) is 4.79 Å². The first-order valence-corrected chi connectivity index (χ1v) is 5.88. The molecule has 3 N–H and O–H groups in total. The molecular weight excluding hydrogens is 246 g/mol. The Bertz CT molecular complexity index is 598. The number of carbonyl (C=O) groups excluding carboxylic acids is 1. The van der Waals surface area contributed by atoms with Gasteiger partial charge in [-0.3, -0.25) is 9.48 Å². The van der Waals surface area contributed by atoms with Gasteiger partial charge in [-0.2, -0.15) is 15.0 Å². The van der Waals surface area contributed by atoms with Crippen molar-refractivity contribution in [1.29, 1.82) is 0 Å². The molecule has 0 saturated heterocycles. The Hall–Kier alpha value is -2.38. The topological polar surface area (TPSA) is 104 Å². The molecule has 0 aliphatic heterocycles. The van der Waals surface area contributed by atoms with Crippen molar-refractivity contribution in [2.24, 2.45) is 7.05 Å². The van der Waals surface area contributed by atoms with Crippen LogP contribution in [0.4, 0.5) is 5.82 Å². The number of nitrogens with two attached hydrogens (primary N) is 1. The van der Waals surface area contributed by atoms with E-state index < -0.39 is 0 Å². The number of amides is 1. The first kappa shape index (κ1) is 13.1. The average molecular weight is 263 g/mol. The third-order valence-electron chi connectivity index (χ3n) is 2.96. The molecule has 19 heavy (non-hydrogen) atoms. The molecule has 2 heterocycles. The highest BCUT2D eigenvalue weighted by Crippen LogP contribution is 2.10. The SMILES string of the molecule is Cc1nn(C)c(C)c1CNC(=O)Cn1ncc(N)n1. The molecule has 0 unspecified atom stereocenters. The van der Waals surface area contributed by atoms with Crippen LogP contribution in [-0.4, -0.2) is 30.7 Å². The minimum atomic E-state index is -0.168. The number of hydrogen-bond donors (Lipinski definition) is 2. The largest absolute Gasteiger partial charge is 0.381 e. The zero-order valence-corrected chi connectivity index (χ0v) is 11.2. The summed E-state index contributed by atoms with van der Waals surface area (Å²) in [5.74, 6) is 0.130. The van der Waals surface area contributed by atoms with E-state index in [0.29, 0.717) is 12.4 Å². The fourth-order valence-corrected chi connectivity index (χ4v) is 1.83. The van der Waals surface area contributed by atoms with E-state index in [-0.39, 0.29) is 12.5 Å². The minimum Gasteiger partial charge on any atom is -0.381 e. The van der Waals surface area contributed by atoms with Crippen LogP contribution in [0.3, 0.4) is 0 Å². The molecule has 0 aromatic carbocycles. The summed E-state index contributed by atoms with van der Waals surface area (Å²) in [6.07, 6.45) is 1.41.